The predicted molar refractivity (Wildman–Crippen MR) is 175 cm³/mol. The summed E-state index contributed by atoms with van der Waals surface area (Å²) >= 11 is 19.5. The van der Waals surface area contributed by atoms with Crippen molar-refractivity contribution in [3.05, 3.63) is 133 Å². The summed E-state index contributed by atoms with van der Waals surface area (Å²) in [5, 5.41) is 7.60. The van der Waals surface area contributed by atoms with Crippen molar-refractivity contribution < 1.29 is 14.3 Å². The van der Waals surface area contributed by atoms with Crippen molar-refractivity contribution in [3.63, 3.8) is 0 Å². The third-order valence-electron chi connectivity index (χ3n) is 6.51. The average molecular weight is 713 g/mol. The van der Waals surface area contributed by atoms with Crippen molar-refractivity contribution in [1.29, 1.82) is 0 Å². The van der Waals surface area contributed by atoms with Gasteiger partial charge in [-0.2, -0.15) is 0 Å². The van der Waals surface area contributed by atoms with Crippen LogP contribution in [0.1, 0.15) is 40.0 Å². The van der Waals surface area contributed by atoms with Crippen LogP contribution in [-0.2, 0) is 6.61 Å². The van der Waals surface area contributed by atoms with E-state index in [0.29, 0.717) is 54.0 Å². The van der Waals surface area contributed by atoms with E-state index in [1.54, 1.807) is 0 Å². The average Bonchev–Trinajstić information content (AvgIpc) is 2.99. The summed E-state index contributed by atoms with van der Waals surface area (Å²) in [4.78, 5) is 14.2. The molecule has 41 heavy (non-hydrogen) atoms. The lowest BCUT2D eigenvalue weighted by Gasteiger charge is -2.33. The van der Waals surface area contributed by atoms with E-state index in [0.717, 1.165) is 16.7 Å². The lowest BCUT2D eigenvalue weighted by molar-refractivity contribution is 0.102. The van der Waals surface area contributed by atoms with Crippen molar-refractivity contribution in [2.24, 2.45) is 0 Å². The summed E-state index contributed by atoms with van der Waals surface area (Å²) in [5.41, 5.74) is 4.18. The van der Waals surface area contributed by atoms with Gasteiger partial charge in [0.2, 0.25) is 0 Å². The van der Waals surface area contributed by atoms with E-state index in [1.807, 2.05) is 97.9 Å². The van der Waals surface area contributed by atoms with E-state index >= 15 is 0 Å². The van der Waals surface area contributed by atoms with E-state index < -0.39 is 6.04 Å². The van der Waals surface area contributed by atoms with Crippen molar-refractivity contribution in [2.75, 3.05) is 6.61 Å². The van der Waals surface area contributed by atoms with Crippen LogP contribution >= 0.6 is 55.7 Å². The summed E-state index contributed by atoms with van der Waals surface area (Å²) in [6.45, 7) is 2.56. The Morgan fingerprint density at radius 2 is 1.59 bits per heavy atom. The smallest absolute Gasteiger partial charge is 0.193 e. The highest BCUT2D eigenvalue weighted by Crippen LogP contribution is 2.47. The Bertz CT molecular complexity index is 1630. The van der Waals surface area contributed by atoms with E-state index in [9.17, 15) is 4.79 Å². The van der Waals surface area contributed by atoms with Crippen LogP contribution in [0, 0.1) is 0 Å². The lowest BCUT2D eigenvalue weighted by atomic mass is 9.87. The number of carbonyl (C=O) groups excluding carboxylic acids is 1. The second-order valence-electron chi connectivity index (χ2n) is 9.12. The van der Waals surface area contributed by atoms with Crippen LogP contribution < -0.4 is 20.1 Å². The van der Waals surface area contributed by atoms with Gasteiger partial charge < -0.3 is 20.1 Å². The van der Waals surface area contributed by atoms with Gasteiger partial charge in [0.15, 0.2) is 22.4 Å². The Morgan fingerprint density at radius 3 is 2.27 bits per heavy atom. The molecule has 0 unspecified atom stereocenters. The van der Waals surface area contributed by atoms with Gasteiger partial charge in [0.25, 0.3) is 0 Å². The molecule has 0 aliphatic carbocycles. The van der Waals surface area contributed by atoms with Gasteiger partial charge in [0, 0.05) is 20.6 Å². The molecule has 208 valence electrons. The quantitative estimate of drug-likeness (QED) is 0.134. The van der Waals surface area contributed by atoms with Gasteiger partial charge in [0.05, 0.1) is 28.4 Å². The van der Waals surface area contributed by atoms with Crippen molar-refractivity contribution in [1.82, 2.24) is 10.6 Å². The first-order chi connectivity index (χ1) is 19.9. The molecule has 0 aromatic heterocycles. The van der Waals surface area contributed by atoms with Crippen LogP contribution in [0.3, 0.4) is 0 Å². The van der Waals surface area contributed by atoms with Crippen LogP contribution in [0.5, 0.6) is 11.5 Å². The Balaban J connectivity index is 1.65. The fraction of sp³-hybridized carbons (Fsp3) is 0.125. The van der Waals surface area contributed by atoms with E-state index in [4.69, 9.17) is 33.3 Å². The van der Waals surface area contributed by atoms with E-state index in [1.165, 1.54) is 0 Å². The van der Waals surface area contributed by atoms with Gasteiger partial charge in [-0.3, -0.25) is 4.79 Å². The van der Waals surface area contributed by atoms with Gasteiger partial charge in [-0.15, -0.1) is 0 Å². The fourth-order valence-electron chi connectivity index (χ4n) is 4.60. The fourth-order valence-corrected chi connectivity index (χ4v) is 6.07. The maximum atomic E-state index is 14.2. The lowest BCUT2D eigenvalue weighted by Crippen LogP contribution is -2.45. The molecule has 1 aliphatic rings. The molecule has 0 saturated heterocycles. The zero-order valence-corrected chi connectivity index (χ0v) is 26.7. The van der Waals surface area contributed by atoms with Gasteiger partial charge >= 0.3 is 0 Å². The molecule has 0 spiro atoms. The molecule has 9 heteroatoms. The Kier molecular flexibility index (Phi) is 9.45. The molecule has 1 heterocycles. The number of thiocarbonyl (C=S) groups is 1. The number of carbonyl (C=O) groups is 1. The maximum absolute atomic E-state index is 14.2. The number of hydrogen-bond donors (Lipinski definition) is 2. The molecular weight excluding hydrogens is 688 g/mol. The Morgan fingerprint density at radius 1 is 0.927 bits per heavy atom. The molecule has 0 amide bonds. The standard InChI is InChI=1S/C32H25Br2ClN2O3S/c1-2-39-24-17-22(26(33)27(34)31(24)40-18-21-15-9-10-16-23(21)35)29-25(30(38)20-13-7-4-8-14-20)28(36-32(41)37-29)19-11-5-3-6-12-19/h3-17,29H,2,18H2,1H3,(H2,36,37,41)/t29-/m1/s1. The molecule has 2 N–H and O–H groups in total. The second-order valence-corrected chi connectivity index (χ2v) is 11.5. The SMILES string of the molecule is CCOc1cc([C@H]2NC(=S)NC(c3ccccc3)=C2C(=O)c2ccccc2)c(Br)c(Br)c1OCc1ccccc1Cl. The summed E-state index contributed by atoms with van der Waals surface area (Å²) in [7, 11) is 0. The van der Waals surface area contributed by atoms with Gasteiger partial charge in [-0.05, 0) is 74.3 Å². The van der Waals surface area contributed by atoms with Crippen LogP contribution in [0.15, 0.2) is 106 Å². The third kappa shape index (κ3) is 6.36. The largest absolute Gasteiger partial charge is 0.490 e. The van der Waals surface area contributed by atoms with Gasteiger partial charge in [0.1, 0.15) is 6.61 Å². The molecular formula is C32H25Br2ClN2O3S. The van der Waals surface area contributed by atoms with Crippen molar-refractivity contribution >= 4 is 72.3 Å². The van der Waals surface area contributed by atoms with Crippen LogP contribution in [0.25, 0.3) is 5.70 Å². The van der Waals surface area contributed by atoms with E-state index in [-0.39, 0.29) is 12.4 Å². The molecule has 5 rings (SSSR count). The number of ketones is 1. The first-order valence-electron chi connectivity index (χ1n) is 12.9. The molecule has 0 bridgehead atoms. The van der Waals surface area contributed by atoms with Crippen LogP contribution in [0.2, 0.25) is 5.02 Å². The molecule has 4 aromatic rings. The zero-order chi connectivity index (χ0) is 28.9. The number of Topliss-reactive ketones (excluding diaryl/α,β-unsaturated/α-hetero) is 1. The number of rotatable bonds is 9. The minimum absolute atomic E-state index is 0.128. The first-order valence-corrected chi connectivity index (χ1v) is 15.2. The molecule has 0 fully saturated rings. The predicted octanol–water partition coefficient (Wildman–Crippen LogP) is 8.66. The van der Waals surface area contributed by atoms with Gasteiger partial charge in [-0.1, -0.05) is 90.5 Å². The summed E-state index contributed by atoms with van der Waals surface area (Å²) in [6.07, 6.45) is 0. The van der Waals surface area contributed by atoms with Crippen LogP contribution in [0.4, 0.5) is 0 Å². The number of ether oxygens (including phenoxy) is 2. The van der Waals surface area contributed by atoms with Crippen molar-refractivity contribution in [3.8, 4) is 11.5 Å². The molecule has 4 aromatic carbocycles. The van der Waals surface area contributed by atoms with Crippen LogP contribution in [-0.4, -0.2) is 17.5 Å². The highest BCUT2D eigenvalue weighted by atomic mass is 79.9. The van der Waals surface area contributed by atoms with Gasteiger partial charge in [-0.25, -0.2) is 0 Å². The normalized spacial score (nSPS) is 14.7. The summed E-state index contributed by atoms with van der Waals surface area (Å²) in [5.74, 6) is 0.905. The summed E-state index contributed by atoms with van der Waals surface area (Å²) in [6, 6.07) is 27.7. The summed E-state index contributed by atoms with van der Waals surface area (Å²) < 4.78 is 13.6. The second kappa shape index (κ2) is 13.2. The highest BCUT2D eigenvalue weighted by Gasteiger charge is 2.35. The minimum atomic E-state index is -0.603. The van der Waals surface area contributed by atoms with Crippen molar-refractivity contribution in [2.45, 2.75) is 19.6 Å². The third-order valence-corrected chi connectivity index (χ3v) is 9.24. The molecule has 1 atom stereocenters. The zero-order valence-electron chi connectivity index (χ0n) is 21.9. The topological polar surface area (TPSA) is 59.6 Å². The van der Waals surface area contributed by atoms with E-state index in [2.05, 4.69) is 42.5 Å². The minimum Gasteiger partial charge on any atom is -0.490 e. The maximum Gasteiger partial charge on any atom is 0.193 e. The molecule has 5 nitrogen and oxygen atoms in total. The molecule has 0 saturated carbocycles. The molecule has 0 radical (unpaired) electrons. The number of nitrogens with one attached hydrogen (secondary N) is 2. The Labute approximate surface area is 266 Å². The first kappa shape index (κ1) is 29.3. The number of hydrogen-bond acceptors (Lipinski definition) is 4. The number of benzene rings is 4. The highest BCUT2D eigenvalue weighted by molar-refractivity contribution is 9.13. The Hall–Kier alpha value is -3.17. The number of halogens is 3. The molecule has 1 aliphatic heterocycles. The monoisotopic (exact) mass is 710 g/mol.